The van der Waals surface area contributed by atoms with Gasteiger partial charge in [-0.3, -0.25) is 0 Å². The van der Waals surface area contributed by atoms with Crippen LogP contribution in [0.5, 0.6) is 23.0 Å². The summed E-state index contributed by atoms with van der Waals surface area (Å²) in [5.41, 5.74) is 1.87. The smallest absolute Gasteiger partial charge is 0.338 e. The molecule has 4 rings (SSSR count). The number of hydrogen-bond donors (Lipinski definition) is 1. The molecule has 0 saturated carbocycles. The lowest BCUT2D eigenvalue weighted by atomic mass is 9.92. The Morgan fingerprint density at radius 2 is 1.70 bits per heavy atom. The molecule has 10 heteroatoms. The first-order valence-electron chi connectivity index (χ1n) is 9.88. The molecule has 2 heterocycles. The van der Waals surface area contributed by atoms with Crippen LogP contribution in [0, 0.1) is 0 Å². The fourth-order valence-electron chi connectivity index (χ4n) is 3.81. The van der Waals surface area contributed by atoms with Gasteiger partial charge >= 0.3 is 5.97 Å². The second kappa shape index (κ2) is 9.03. The average Bonchev–Trinajstić information content (AvgIpc) is 3.34. The quantitative estimate of drug-likeness (QED) is 0.431. The number of nitrogens with zero attached hydrogens (tertiary/aromatic N) is 4. The summed E-state index contributed by atoms with van der Waals surface area (Å²) in [6.45, 7) is 0.117. The van der Waals surface area contributed by atoms with E-state index < -0.39 is 5.97 Å². The lowest BCUT2D eigenvalue weighted by Crippen LogP contribution is -2.13. The first-order valence-corrected chi connectivity index (χ1v) is 9.88. The number of benzene rings is 2. The SMILES string of the molecule is COc1ccc(-c2c(C(=O)O)c(Cn3cncn3)nc3ccc(OC)c(OC)c23)cc1OC. The summed E-state index contributed by atoms with van der Waals surface area (Å²) in [5, 5.41) is 14.9. The minimum Gasteiger partial charge on any atom is -0.493 e. The van der Waals surface area contributed by atoms with Crippen molar-refractivity contribution in [1.82, 2.24) is 19.7 Å². The zero-order valence-electron chi connectivity index (χ0n) is 18.5. The number of fused-ring (bicyclic) bond motifs is 1. The Bertz CT molecular complexity index is 1320. The van der Waals surface area contributed by atoms with Crippen LogP contribution in [0.15, 0.2) is 43.0 Å². The number of aromatic nitrogens is 4. The maximum atomic E-state index is 12.6. The standard InChI is InChI=1S/C23H22N4O6/c1-30-16-7-5-13(9-18(16)32-3)19-20-14(6-8-17(31-2)22(20)33-4)26-15(21(19)23(28)29)10-27-12-24-11-25-27/h5-9,11-12H,10H2,1-4H3,(H,28,29). The topological polar surface area (TPSA) is 118 Å². The number of carboxylic acids is 1. The van der Waals surface area contributed by atoms with Crippen LogP contribution >= 0.6 is 0 Å². The normalized spacial score (nSPS) is 10.8. The van der Waals surface area contributed by atoms with Crippen LogP contribution in [0.25, 0.3) is 22.0 Å². The Labute approximate surface area is 189 Å². The van der Waals surface area contributed by atoms with Gasteiger partial charge in [-0.2, -0.15) is 5.10 Å². The Balaban J connectivity index is 2.14. The molecule has 2 aromatic carbocycles. The Morgan fingerprint density at radius 3 is 2.30 bits per heavy atom. The molecule has 1 N–H and O–H groups in total. The number of carboxylic acid groups (broad SMARTS) is 1. The third-order valence-electron chi connectivity index (χ3n) is 5.23. The van der Waals surface area contributed by atoms with Crippen molar-refractivity contribution >= 4 is 16.9 Å². The number of methoxy groups -OCH3 is 4. The van der Waals surface area contributed by atoms with Crippen LogP contribution in [0.3, 0.4) is 0 Å². The van der Waals surface area contributed by atoms with E-state index in [-0.39, 0.29) is 12.1 Å². The van der Waals surface area contributed by atoms with Crippen molar-refractivity contribution in [2.75, 3.05) is 28.4 Å². The maximum absolute atomic E-state index is 12.6. The van der Waals surface area contributed by atoms with E-state index in [1.807, 2.05) is 0 Å². The van der Waals surface area contributed by atoms with Crippen molar-refractivity contribution in [2.45, 2.75) is 6.54 Å². The van der Waals surface area contributed by atoms with Crippen molar-refractivity contribution in [1.29, 1.82) is 0 Å². The molecular weight excluding hydrogens is 428 g/mol. The highest BCUT2D eigenvalue weighted by atomic mass is 16.5. The predicted molar refractivity (Wildman–Crippen MR) is 119 cm³/mol. The van der Waals surface area contributed by atoms with Gasteiger partial charge < -0.3 is 24.1 Å². The second-order valence-electron chi connectivity index (χ2n) is 6.97. The molecule has 0 spiro atoms. The molecule has 0 bridgehead atoms. The van der Waals surface area contributed by atoms with Crippen LogP contribution in [0.4, 0.5) is 0 Å². The summed E-state index contributed by atoms with van der Waals surface area (Å²) in [6, 6.07) is 8.69. The number of pyridine rings is 1. The van der Waals surface area contributed by atoms with Gasteiger partial charge in [0.2, 0.25) is 0 Å². The number of ether oxygens (including phenoxy) is 4. The summed E-state index contributed by atoms with van der Waals surface area (Å²) >= 11 is 0. The van der Waals surface area contributed by atoms with Crippen LogP contribution in [-0.4, -0.2) is 59.3 Å². The zero-order chi connectivity index (χ0) is 23.5. The highest BCUT2D eigenvalue weighted by molar-refractivity contribution is 6.10. The van der Waals surface area contributed by atoms with Crippen LogP contribution in [0.1, 0.15) is 16.1 Å². The van der Waals surface area contributed by atoms with E-state index in [0.717, 1.165) is 0 Å². The number of rotatable bonds is 8. The van der Waals surface area contributed by atoms with Gasteiger partial charge in [0.15, 0.2) is 23.0 Å². The molecule has 0 atom stereocenters. The molecule has 2 aromatic heterocycles. The van der Waals surface area contributed by atoms with E-state index >= 15 is 0 Å². The van der Waals surface area contributed by atoms with Gasteiger partial charge in [-0.25, -0.2) is 19.4 Å². The van der Waals surface area contributed by atoms with Crippen molar-refractivity contribution in [3.8, 4) is 34.1 Å². The first-order chi connectivity index (χ1) is 16.0. The van der Waals surface area contributed by atoms with Crippen LogP contribution in [0.2, 0.25) is 0 Å². The third kappa shape index (κ3) is 3.86. The summed E-state index contributed by atoms with van der Waals surface area (Å²) in [6.07, 6.45) is 2.88. The van der Waals surface area contributed by atoms with E-state index in [4.69, 9.17) is 18.9 Å². The van der Waals surface area contributed by atoms with E-state index in [0.29, 0.717) is 50.7 Å². The van der Waals surface area contributed by atoms with Gasteiger partial charge in [0, 0.05) is 5.56 Å². The maximum Gasteiger partial charge on any atom is 0.338 e. The second-order valence-corrected chi connectivity index (χ2v) is 6.97. The van der Waals surface area contributed by atoms with Crippen molar-refractivity contribution < 1.29 is 28.8 Å². The Hall–Kier alpha value is -4.34. The first kappa shape index (κ1) is 21.9. The van der Waals surface area contributed by atoms with Gasteiger partial charge in [0.25, 0.3) is 0 Å². The summed E-state index contributed by atoms with van der Waals surface area (Å²) in [4.78, 5) is 21.2. The monoisotopic (exact) mass is 450 g/mol. The third-order valence-corrected chi connectivity index (χ3v) is 5.23. The highest BCUT2D eigenvalue weighted by Gasteiger charge is 2.26. The Kier molecular flexibility index (Phi) is 5.99. The van der Waals surface area contributed by atoms with E-state index in [2.05, 4.69) is 15.1 Å². The van der Waals surface area contributed by atoms with E-state index in [9.17, 15) is 9.90 Å². The van der Waals surface area contributed by atoms with E-state index in [1.54, 1.807) is 30.3 Å². The lowest BCUT2D eigenvalue weighted by molar-refractivity contribution is 0.0696. The summed E-state index contributed by atoms with van der Waals surface area (Å²) in [7, 11) is 6.07. The van der Waals surface area contributed by atoms with Crippen LogP contribution in [-0.2, 0) is 6.54 Å². The molecule has 170 valence electrons. The molecule has 0 aliphatic carbocycles. The molecule has 10 nitrogen and oxygen atoms in total. The van der Waals surface area contributed by atoms with Crippen LogP contribution < -0.4 is 18.9 Å². The number of hydrogen-bond acceptors (Lipinski definition) is 8. The van der Waals surface area contributed by atoms with Gasteiger partial charge in [0.05, 0.1) is 57.1 Å². The van der Waals surface area contributed by atoms with E-state index in [1.165, 1.54) is 45.8 Å². The van der Waals surface area contributed by atoms with Crippen molar-refractivity contribution in [3.63, 3.8) is 0 Å². The predicted octanol–water partition coefficient (Wildman–Crippen LogP) is 3.27. The fourth-order valence-corrected chi connectivity index (χ4v) is 3.81. The molecule has 4 aromatic rings. The Morgan fingerprint density at radius 1 is 0.970 bits per heavy atom. The average molecular weight is 450 g/mol. The zero-order valence-corrected chi connectivity index (χ0v) is 18.5. The minimum atomic E-state index is -1.14. The fraction of sp³-hybridized carbons (Fsp3) is 0.217. The van der Waals surface area contributed by atoms with Gasteiger partial charge in [0.1, 0.15) is 12.7 Å². The molecule has 0 unspecified atom stereocenters. The molecular formula is C23H22N4O6. The molecule has 0 aliphatic heterocycles. The molecule has 0 saturated heterocycles. The summed E-state index contributed by atoms with van der Waals surface area (Å²) in [5.74, 6) is 0.657. The molecule has 0 radical (unpaired) electrons. The summed E-state index contributed by atoms with van der Waals surface area (Å²) < 4.78 is 23.4. The molecule has 33 heavy (non-hydrogen) atoms. The van der Waals surface area contributed by atoms with Crippen molar-refractivity contribution in [2.24, 2.45) is 0 Å². The van der Waals surface area contributed by atoms with Gasteiger partial charge in [-0.15, -0.1) is 0 Å². The lowest BCUT2D eigenvalue weighted by Gasteiger charge is -2.19. The minimum absolute atomic E-state index is 0.0109. The van der Waals surface area contributed by atoms with Gasteiger partial charge in [-0.05, 0) is 29.8 Å². The molecule has 0 aliphatic rings. The number of carbonyl (C=O) groups is 1. The highest BCUT2D eigenvalue weighted by Crippen LogP contribution is 2.44. The number of aromatic carboxylic acids is 1. The molecule has 0 amide bonds. The largest absolute Gasteiger partial charge is 0.493 e. The molecule has 0 fully saturated rings. The van der Waals surface area contributed by atoms with Gasteiger partial charge in [-0.1, -0.05) is 6.07 Å². The van der Waals surface area contributed by atoms with Crippen molar-refractivity contribution in [3.05, 3.63) is 54.2 Å².